The molecule has 0 amide bonds. The van der Waals surface area contributed by atoms with E-state index < -0.39 is 0 Å². The summed E-state index contributed by atoms with van der Waals surface area (Å²) < 4.78 is 5.56. The monoisotopic (exact) mass is 299 g/mol. The summed E-state index contributed by atoms with van der Waals surface area (Å²) in [6, 6.07) is 0. The molecule has 0 spiro atoms. The molecule has 17 heavy (non-hydrogen) atoms. The van der Waals surface area contributed by atoms with E-state index in [-0.39, 0.29) is 6.10 Å². The van der Waals surface area contributed by atoms with Crippen molar-refractivity contribution < 1.29 is 4.74 Å². The maximum Gasteiger partial charge on any atom is 0.234 e. The number of ether oxygens (including phenoxy) is 1. The Labute approximate surface area is 111 Å². The fraction of sp³-hybridized carbons (Fsp3) is 0.667. The Morgan fingerprint density at radius 2 is 2.35 bits per heavy atom. The molecular weight excluding hydrogens is 282 g/mol. The first-order chi connectivity index (χ1) is 8.19. The van der Waals surface area contributed by atoms with Gasteiger partial charge in [-0.2, -0.15) is 4.98 Å². The van der Waals surface area contributed by atoms with Gasteiger partial charge in [0.2, 0.25) is 5.88 Å². The maximum atomic E-state index is 5.56. The zero-order valence-corrected chi connectivity index (χ0v) is 11.9. The minimum atomic E-state index is 0.133. The first-order valence-corrected chi connectivity index (χ1v) is 7.11. The summed E-state index contributed by atoms with van der Waals surface area (Å²) in [4.78, 5) is 11.0. The van der Waals surface area contributed by atoms with Crippen LogP contribution in [0.3, 0.4) is 0 Å². The molecule has 0 aromatic carbocycles. The second-order valence-electron chi connectivity index (χ2n) is 4.64. The molecule has 94 valence electrons. The summed E-state index contributed by atoms with van der Waals surface area (Å²) >= 11 is 3.54. The third-order valence-corrected chi connectivity index (χ3v) is 3.70. The van der Waals surface area contributed by atoms with Gasteiger partial charge in [-0.15, -0.1) is 0 Å². The Morgan fingerprint density at radius 3 is 3.00 bits per heavy atom. The van der Waals surface area contributed by atoms with E-state index in [0.29, 0.717) is 11.8 Å². The van der Waals surface area contributed by atoms with Crippen molar-refractivity contribution in [2.75, 3.05) is 23.3 Å². The lowest BCUT2D eigenvalue weighted by atomic mass is 10.2. The average molecular weight is 300 g/mol. The Kier molecular flexibility index (Phi) is 4.20. The molecule has 2 heterocycles. The van der Waals surface area contributed by atoms with Gasteiger partial charge in [0, 0.05) is 18.4 Å². The summed E-state index contributed by atoms with van der Waals surface area (Å²) in [5.41, 5.74) is 0. The van der Waals surface area contributed by atoms with Gasteiger partial charge in [-0.05, 0) is 26.2 Å². The lowest BCUT2D eigenvalue weighted by molar-refractivity contribution is 0.231. The third kappa shape index (κ3) is 3.31. The van der Waals surface area contributed by atoms with Gasteiger partial charge in [0.1, 0.15) is 0 Å². The van der Waals surface area contributed by atoms with Gasteiger partial charge in [0.15, 0.2) is 5.82 Å². The molecule has 5 heteroatoms. The zero-order chi connectivity index (χ0) is 12.3. The lowest BCUT2D eigenvalue weighted by Crippen LogP contribution is -2.21. The predicted molar refractivity (Wildman–Crippen MR) is 71.9 cm³/mol. The van der Waals surface area contributed by atoms with Crippen LogP contribution in [0, 0.1) is 5.92 Å². The van der Waals surface area contributed by atoms with Crippen molar-refractivity contribution in [3.05, 3.63) is 12.4 Å². The highest BCUT2D eigenvalue weighted by molar-refractivity contribution is 9.09. The Morgan fingerprint density at radius 1 is 1.53 bits per heavy atom. The van der Waals surface area contributed by atoms with E-state index in [4.69, 9.17) is 4.74 Å². The Bertz CT molecular complexity index is 373. The van der Waals surface area contributed by atoms with E-state index in [1.165, 1.54) is 6.42 Å². The Balaban J connectivity index is 2.06. The minimum Gasteiger partial charge on any atom is -0.474 e. The fourth-order valence-electron chi connectivity index (χ4n) is 1.96. The first-order valence-electron chi connectivity index (χ1n) is 5.98. The molecule has 0 aliphatic carbocycles. The summed E-state index contributed by atoms with van der Waals surface area (Å²) in [5, 5.41) is 1.05. The molecule has 0 saturated carbocycles. The van der Waals surface area contributed by atoms with Crippen LogP contribution in [-0.2, 0) is 0 Å². The average Bonchev–Trinajstić information content (AvgIpc) is 2.77. The van der Waals surface area contributed by atoms with E-state index in [1.807, 2.05) is 20.0 Å². The van der Waals surface area contributed by atoms with Crippen molar-refractivity contribution in [1.82, 2.24) is 9.97 Å². The van der Waals surface area contributed by atoms with Crippen molar-refractivity contribution in [1.29, 1.82) is 0 Å². The van der Waals surface area contributed by atoms with Gasteiger partial charge in [-0.1, -0.05) is 15.9 Å². The lowest BCUT2D eigenvalue weighted by Gasteiger charge is -2.17. The SMILES string of the molecule is CC(C)Oc1cncc(N2CCC(CBr)C2)n1. The van der Waals surface area contributed by atoms with Crippen LogP contribution in [0.2, 0.25) is 0 Å². The van der Waals surface area contributed by atoms with E-state index in [9.17, 15) is 0 Å². The second-order valence-corrected chi connectivity index (χ2v) is 5.28. The number of aromatic nitrogens is 2. The van der Waals surface area contributed by atoms with Gasteiger partial charge in [0.05, 0.1) is 18.5 Å². The third-order valence-electron chi connectivity index (χ3n) is 2.78. The van der Waals surface area contributed by atoms with Crippen molar-refractivity contribution in [3.63, 3.8) is 0 Å². The molecule has 1 fully saturated rings. The molecule has 1 atom stereocenters. The molecule has 0 radical (unpaired) electrons. The largest absolute Gasteiger partial charge is 0.474 e. The number of hydrogen-bond donors (Lipinski definition) is 0. The predicted octanol–water partition coefficient (Wildman–Crippen LogP) is 2.49. The molecule has 0 N–H and O–H groups in total. The highest BCUT2D eigenvalue weighted by Gasteiger charge is 2.23. The number of anilines is 1. The standard InChI is InChI=1S/C12H18BrN3O/c1-9(2)17-12-7-14-6-11(15-12)16-4-3-10(5-13)8-16/h6-7,9-10H,3-5,8H2,1-2H3. The van der Waals surface area contributed by atoms with Crippen LogP contribution in [0.4, 0.5) is 5.82 Å². The van der Waals surface area contributed by atoms with Crippen LogP contribution in [0.1, 0.15) is 20.3 Å². The normalized spacial score (nSPS) is 20.0. The van der Waals surface area contributed by atoms with Crippen LogP contribution in [0.25, 0.3) is 0 Å². The van der Waals surface area contributed by atoms with E-state index in [2.05, 4.69) is 30.8 Å². The maximum absolute atomic E-state index is 5.56. The smallest absolute Gasteiger partial charge is 0.234 e. The van der Waals surface area contributed by atoms with Crippen LogP contribution >= 0.6 is 15.9 Å². The molecule has 2 rings (SSSR count). The van der Waals surface area contributed by atoms with Crippen LogP contribution in [-0.4, -0.2) is 34.5 Å². The number of nitrogens with zero attached hydrogens (tertiary/aromatic N) is 3. The quantitative estimate of drug-likeness (QED) is 0.801. The zero-order valence-electron chi connectivity index (χ0n) is 10.3. The van der Waals surface area contributed by atoms with E-state index in [1.54, 1.807) is 6.20 Å². The van der Waals surface area contributed by atoms with E-state index in [0.717, 1.165) is 24.2 Å². The summed E-state index contributed by atoms with van der Waals surface area (Å²) in [7, 11) is 0. The van der Waals surface area contributed by atoms with Crippen LogP contribution in [0.5, 0.6) is 5.88 Å². The highest BCUT2D eigenvalue weighted by atomic mass is 79.9. The van der Waals surface area contributed by atoms with Gasteiger partial charge in [-0.3, -0.25) is 4.98 Å². The molecule has 1 aliphatic heterocycles. The topological polar surface area (TPSA) is 38.2 Å². The van der Waals surface area contributed by atoms with Crippen LogP contribution < -0.4 is 9.64 Å². The molecule has 1 aromatic rings. The summed E-state index contributed by atoms with van der Waals surface area (Å²) in [6.07, 6.45) is 4.82. The van der Waals surface area contributed by atoms with Crippen molar-refractivity contribution >= 4 is 21.7 Å². The van der Waals surface area contributed by atoms with Gasteiger partial charge in [-0.25, -0.2) is 0 Å². The molecule has 1 aromatic heterocycles. The van der Waals surface area contributed by atoms with Crippen molar-refractivity contribution in [3.8, 4) is 5.88 Å². The molecule has 0 bridgehead atoms. The number of rotatable bonds is 4. The Hall–Kier alpha value is -0.840. The summed E-state index contributed by atoms with van der Waals surface area (Å²) in [6.45, 7) is 6.08. The molecule has 1 aliphatic rings. The number of hydrogen-bond acceptors (Lipinski definition) is 4. The molecule has 1 unspecified atom stereocenters. The number of alkyl halides is 1. The first kappa shape index (κ1) is 12.6. The fourth-order valence-corrected chi connectivity index (χ4v) is 2.48. The van der Waals surface area contributed by atoms with Crippen molar-refractivity contribution in [2.24, 2.45) is 5.92 Å². The summed E-state index contributed by atoms with van der Waals surface area (Å²) in [5.74, 6) is 2.25. The molecular formula is C12H18BrN3O. The van der Waals surface area contributed by atoms with E-state index >= 15 is 0 Å². The molecule has 1 saturated heterocycles. The number of halogens is 1. The van der Waals surface area contributed by atoms with Gasteiger partial charge < -0.3 is 9.64 Å². The van der Waals surface area contributed by atoms with Gasteiger partial charge >= 0.3 is 0 Å². The minimum absolute atomic E-state index is 0.133. The van der Waals surface area contributed by atoms with Crippen molar-refractivity contribution in [2.45, 2.75) is 26.4 Å². The highest BCUT2D eigenvalue weighted by Crippen LogP contribution is 2.24. The van der Waals surface area contributed by atoms with Crippen LogP contribution in [0.15, 0.2) is 12.4 Å². The second kappa shape index (κ2) is 5.67. The van der Waals surface area contributed by atoms with Gasteiger partial charge in [0.25, 0.3) is 0 Å². The molecule has 4 nitrogen and oxygen atoms in total.